The highest BCUT2D eigenvalue weighted by Gasteiger charge is 2.32. The maximum absolute atomic E-state index is 3.71. The third-order valence-corrected chi connectivity index (χ3v) is 5.12. The second kappa shape index (κ2) is 6.38. The van der Waals surface area contributed by atoms with Gasteiger partial charge in [0.2, 0.25) is 0 Å². The molecule has 1 aromatic rings. The van der Waals surface area contributed by atoms with E-state index in [9.17, 15) is 0 Å². The molecule has 1 aromatic heterocycles. The minimum Gasteiger partial charge on any atom is -0.310 e. The van der Waals surface area contributed by atoms with Crippen LogP contribution in [0.1, 0.15) is 51.8 Å². The predicted octanol–water partition coefficient (Wildman–Crippen LogP) is 3.88. The van der Waals surface area contributed by atoms with Crippen LogP contribution in [0.3, 0.4) is 0 Å². The lowest BCUT2D eigenvalue weighted by Gasteiger charge is -2.33. The van der Waals surface area contributed by atoms with Crippen LogP contribution in [0.4, 0.5) is 0 Å². The second-order valence-electron chi connectivity index (χ2n) is 6.45. The van der Waals surface area contributed by atoms with Crippen molar-refractivity contribution in [3.63, 3.8) is 0 Å². The Morgan fingerprint density at radius 1 is 1.47 bits per heavy atom. The number of hydrogen-bond acceptors (Lipinski definition) is 3. The lowest BCUT2D eigenvalue weighted by atomic mass is 10.0. The van der Waals surface area contributed by atoms with Crippen molar-refractivity contribution in [2.45, 2.75) is 71.1 Å². The molecule has 1 saturated carbocycles. The van der Waals surface area contributed by atoms with E-state index in [-0.39, 0.29) is 5.54 Å². The van der Waals surface area contributed by atoms with E-state index in [0.29, 0.717) is 6.04 Å². The molecule has 3 heteroatoms. The molecular weight excluding hydrogens is 252 g/mol. The average molecular weight is 280 g/mol. The summed E-state index contributed by atoms with van der Waals surface area (Å²) in [5.74, 6) is 0. The molecule has 2 rings (SSSR count). The van der Waals surface area contributed by atoms with Gasteiger partial charge in [-0.1, -0.05) is 13.0 Å². The number of hydrogen-bond donors (Lipinski definition) is 1. The fraction of sp³-hybridized carbons (Fsp3) is 0.750. The first kappa shape index (κ1) is 15.0. The summed E-state index contributed by atoms with van der Waals surface area (Å²) in [6.07, 6.45) is 3.94. The summed E-state index contributed by atoms with van der Waals surface area (Å²) in [7, 11) is 0. The van der Waals surface area contributed by atoms with Gasteiger partial charge in [-0.05, 0) is 51.5 Å². The molecule has 0 saturated heterocycles. The van der Waals surface area contributed by atoms with Gasteiger partial charge in [0.05, 0.1) is 0 Å². The zero-order valence-electron chi connectivity index (χ0n) is 12.8. The Labute approximate surface area is 122 Å². The zero-order chi connectivity index (χ0) is 13.9. The van der Waals surface area contributed by atoms with Crippen LogP contribution < -0.4 is 5.32 Å². The Bertz CT molecular complexity index is 368. The first-order valence-electron chi connectivity index (χ1n) is 7.55. The van der Waals surface area contributed by atoms with Gasteiger partial charge in [0.25, 0.3) is 0 Å². The van der Waals surface area contributed by atoms with Gasteiger partial charge in [-0.25, -0.2) is 0 Å². The molecular formula is C16H28N2S. The van der Waals surface area contributed by atoms with Crippen molar-refractivity contribution in [2.75, 3.05) is 6.54 Å². The molecule has 1 fully saturated rings. The maximum atomic E-state index is 3.71. The second-order valence-corrected chi connectivity index (χ2v) is 7.48. The molecule has 0 radical (unpaired) electrons. The molecule has 0 bridgehead atoms. The maximum Gasteiger partial charge on any atom is 0.0334 e. The Kier molecular flexibility index (Phi) is 5.04. The molecule has 1 aliphatic rings. The Balaban J connectivity index is 1.88. The summed E-state index contributed by atoms with van der Waals surface area (Å²) >= 11 is 1.88. The van der Waals surface area contributed by atoms with Crippen molar-refractivity contribution in [3.05, 3.63) is 22.4 Å². The van der Waals surface area contributed by atoms with Crippen molar-refractivity contribution >= 4 is 11.3 Å². The van der Waals surface area contributed by atoms with Crippen molar-refractivity contribution in [1.82, 2.24) is 10.2 Å². The van der Waals surface area contributed by atoms with Gasteiger partial charge in [-0.2, -0.15) is 0 Å². The fourth-order valence-electron chi connectivity index (χ4n) is 2.30. The summed E-state index contributed by atoms with van der Waals surface area (Å²) in [4.78, 5) is 4.18. The molecule has 1 heterocycles. The standard InChI is InChI=1S/C16H28N2S/c1-5-16(3,4)17-11-13(2)18(14-8-9-14)12-15-7-6-10-19-15/h6-7,10,13-14,17H,5,8-9,11-12H2,1-4H3. The zero-order valence-corrected chi connectivity index (χ0v) is 13.6. The highest BCUT2D eigenvalue weighted by atomic mass is 32.1. The molecule has 0 aromatic carbocycles. The van der Waals surface area contributed by atoms with E-state index >= 15 is 0 Å². The molecule has 0 spiro atoms. The fourth-order valence-corrected chi connectivity index (χ4v) is 3.01. The highest BCUT2D eigenvalue weighted by molar-refractivity contribution is 7.09. The summed E-state index contributed by atoms with van der Waals surface area (Å²) in [6.45, 7) is 11.4. The summed E-state index contributed by atoms with van der Waals surface area (Å²) < 4.78 is 0. The Morgan fingerprint density at radius 2 is 2.21 bits per heavy atom. The quantitative estimate of drug-likeness (QED) is 0.777. The van der Waals surface area contributed by atoms with E-state index in [2.05, 4.69) is 55.4 Å². The molecule has 1 N–H and O–H groups in total. The molecule has 19 heavy (non-hydrogen) atoms. The number of nitrogens with one attached hydrogen (secondary N) is 1. The van der Waals surface area contributed by atoms with Crippen LogP contribution >= 0.6 is 11.3 Å². The Hall–Kier alpha value is -0.380. The van der Waals surface area contributed by atoms with Gasteiger partial charge >= 0.3 is 0 Å². The summed E-state index contributed by atoms with van der Waals surface area (Å²) in [5.41, 5.74) is 0.256. The van der Waals surface area contributed by atoms with Crippen LogP contribution in [0.15, 0.2) is 17.5 Å². The van der Waals surface area contributed by atoms with Gasteiger partial charge in [0, 0.05) is 35.6 Å². The van der Waals surface area contributed by atoms with Crippen LogP contribution in [-0.2, 0) is 6.54 Å². The van der Waals surface area contributed by atoms with Gasteiger partial charge in [0.1, 0.15) is 0 Å². The average Bonchev–Trinajstić information content (AvgIpc) is 3.10. The summed E-state index contributed by atoms with van der Waals surface area (Å²) in [5, 5.41) is 5.90. The van der Waals surface area contributed by atoms with E-state index in [1.165, 1.54) is 24.1 Å². The highest BCUT2D eigenvalue weighted by Crippen LogP contribution is 2.31. The molecule has 108 valence electrons. The topological polar surface area (TPSA) is 15.3 Å². The third kappa shape index (κ3) is 4.59. The first-order chi connectivity index (χ1) is 9.02. The number of rotatable bonds is 8. The van der Waals surface area contributed by atoms with E-state index in [0.717, 1.165) is 19.1 Å². The molecule has 0 amide bonds. The van der Waals surface area contributed by atoms with E-state index in [4.69, 9.17) is 0 Å². The lowest BCUT2D eigenvalue weighted by molar-refractivity contribution is 0.175. The third-order valence-electron chi connectivity index (χ3n) is 4.26. The van der Waals surface area contributed by atoms with Crippen molar-refractivity contribution in [1.29, 1.82) is 0 Å². The first-order valence-corrected chi connectivity index (χ1v) is 8.43. The van der Waals surface area contributed by atoms with Crippen LogP contribution in [0.2, 0.25) is 0 Å². The normalized spacial score (nSPS) is 17.9. The van der Waals surface area contributed by atoms with Gasteiger partial charge in [-0.3, -0.25) is 4.90 Å². The largest absolute Gasteiger partial charge is 0.310 e. The van der Waals surface area contributed by atoms with Crippen LogP contribution in [0.5, 0.6) is 0 Å². The van der Waals surface area contributed by atoms with E-state index in [1.807, 2.05) is 11.3 Å². The summed E-state index contributed by atoms with van der Waals surface area (Å²) in [6, 6.07) is 5.86. The molecule has 1 aliphatic carbocycles. The van der Waals surface area contributed by atoms with Gasteiger partial charge < -0.3 is 5.32 Å². The van der Waals surface area contributed by atoms with Crippen LogP contribution in [-0.4, -0.2) is 29.1 Å². The van der Waals surface area contributed by atoms with Crippen LogP contribution in [0, 0.1) is 0 Å². The number of nitrogens with zero attached hydrogens (tertiary/aromatic N) is 1. The minimum atomic E-state index is 0.256. The molecule has 1 unspecified atom stereocenters. The SMILES string of the molecule is CCC(C)(C)NCC(C)N(Cc1cccs1)C1CC1. The molecule has 2 nitrogen and oxygen atoms in total. The predicted molar refractivity (Wildman–Crippen MR) is 84.7 cm³/mol. The minimum absolute atomic E-state index is 0.256. The lowest BCUT2D eigenvalue weighted by Crippen LogP contribution is -2.47. The molecule has 1 atom stereocenters. The smallest absolute Gasteiger partial charge is 0.0334 e. The van der Waals surface area contributed by atoms with E-state index < -0.39 is 0 Å². The van der Waals surface area contributed by atoms with Crippen molar-refractivity contribution in [3.8, 4) is 0 Å². The van der Waals surface area contributed by atoms with Crippen molar-refractivity contribution < 1.29 is 0 Å². The number of thiophene rings is 1. The van der Waals surface area contributed by atoms with Gasteiger partial charge in [0.15, 0.2) is 0 Å². The Morgan fingerprint density at radius 3 is 2.74 bits per heavy atom. The van der Waals surface area contributed by atoms with Crippen LogP contribution in [0.25, 0.3) is 0 Å². The van der Waals surface area contributed by atoms with Gasteiger partial charge in [-0.15, -0.1) is 11.3 Å². The van der Waals surface area contributed by atoms with Crippen molar-refractivity contribution in [2.24, 2.45) is 0 Å². The van der Waals surface area contributed by atoms with E-state index in [1.54, 1.807) is 0 Å². The molecule has 0 aliphatic heterocycles. The monoisotopic (exact) mass is 280 g/mol.